The first kappa shape index (κ1) is 21.2. The van der Waals surface area contributed by atoms with Gasteiger partial charge in [-0.25, -0.2) is 4.98 Å². The molecule has 2 aromatic heterocycles. The van der Waals surface area contributed by atoms with Gasteiger partial charge in [-0.15, -0.1) is 0 Å². The standard InChI is InChI=1S/C26H23N3O3S/c1-16(30)21-7-4-12-28-26-24(21)29-25(33-26)23-14-19-13-20(8-9-22(19)32-23)31-15-18-6-3-2-5-17(18)10-11-27/h2-3,5-6,8-9,13-14,21,28H,4,7,10,12,15H2,1H3. The first-order chi connectivity index (χ1) is 16.1. The highest BCUT2D eigenvalue weighted by Gasteiger charge is 2.27. The van der Waals surface area contributed by atoms with Crippen LogP contribution in [0.3, 0.4) is 0 Å². The normalized spacial score (nSPS) is 15.3. The molecule has 0 spiro atoms. The molecule has 33 heavy (non-hydrogen) atoms. The van der Waals surface area contributed by atoms with Gasteiger partial charge in [0.2, 0.25) is 0 Å². The van der Waals surface area contributed by atoms with Crippen LogP contribution in [0.2, 0.25) is 0 Å². The Kier molecular flexibility index (Phi) is 5.84. The molecule has 0 radical (unpaired) electrons. The molecule has 0 aliphatic carbocycles. The zero-order valence-electron chi connectivity index (χ0n) is 18.3. The van der Waals surface area contributed by atoms with Crippen molar-refractivity contribution in [2.45, 2.75) is 38.7 Å². The number of nitrogens with one attached hydrogen (secondary N) is 1. The number of rotatable bonds is 6. The molecule has 166 valence electrons. The van der Waals surface area contributed by atoms with Crippen LogP contribution in [0.25, 0.3) is 21.7 Å². The van der Waals surface area contributed by atoms with Gasteiger partial charge in [0.25, 0.3) is 0 Å². The SMILES string of the molecule is CC(=O)C1CCCNc2sc(-c3cc4cc(OCc5ccccc5CC#N)ccc4o3)nc21. The third-order valence-corrected chi connectivity index (χ3v) is 6.95. The number of hydrogen-bond acceptors (Lipinski definition) is 7. The van der Waals surface area contributed by atoms with Crippen LogP contribution in [0.1, 0.15) is 42.5 Å². The summed E-state index contributed by atoms with van der Waals surface area (Å²) < 4.78 is 12.1. The van der Waals surface area contributed by atoms with E-state index < -0.39 is 0 Å². The van der Waals surface area contributed by atoms with Crippen LogP contribution in [0.4, 0.5) is 5.00 Å². The largest absolute Gasteiger partial charge is 0.489 e. The Morgan fingerprint density at radius 3 is 2.94 bits per heavy atom. The van der Waals surface area contributed by atoms with Gasteiger partial charge in [-0.3, -0.25) is 4.79 Å². The number of hydrogen-bond donors (Lipinski definition) is 1. The van der Waals surface area contributed by atoms with E-state index in [4.69, 9.17) is 19.4 Å². The first-order valence-electron chi connectivity index (χ1n) is 11.0. The Morgan fingerprint density at radius 2 is 2.12 bits per heavy atom. The van der Waals surface area contributed by atoms with Gasteiger partial charge < -0.3 is 14.5 Å². The van der Waals surface area contributed by atoms with Gasteiger partial charge in [0.1, 0.15) is 28.7 Å². The molecule has 5 rings (SSSR count). The second-order valence-corrected chi connectivity index (χ2v) is 9.17. The molecular weight excluding hydrogens is 434 g/mol. The van der Waals surface area contributed by atoms with Crippen molar-refractivity contribution in [3.05, 3.63) is 65.4 Å². The second kappa shape index (κ2) is 9.08. The van der Waals surface area contributed by atoms with Gasteiger partial charge in [-0.2, -0.15) is 5.26 Å². The number of ether oxygens (including phenoxy) is 1. The van der Waals surface area contributed by atoms with E-state index >= 15 is 0 Å². The minimum absolute atomic E-state index is 0.152. The number of furan rings is 1. The summed E-state index contributed by atoms with van der Waals surface area (Å²) in [5.41, 5.74) is 3.57. The number of fused-ring (bicyclic) bond motifs is 2. The summed E-state index contributed by atoms with van der Waals surface area (Å²) in [6.07, 6.45) is 2.13. The van der Waals surface area contributed by atoms with Gasteiger partial charge in [-0.05, 0) is 55.2 Å². The van der Waals surface area contributed by atoms with E-state index in [1.165, 1.54) is 11.3 Å². The van der Waals surface area contributed by atoms with Crippen LogP contribution in [-0.4, -0.2) is 17.3 Å². The Hall–Kier alpha value is -3.63. The number of nitrogens with zero attached hydrogens (tertiary/aromatic N) is 2. The predicted octanol–water partition coefficient (Wildman–Crippen LogP) is 6.08. The van der Waals surface area contributed by atoms with Crippen LogP contribution in [0.15, 0.2) is 52.9 Å². The zero-order chi connectivity index (χ0) is 22.8. The van der Waals surface area contributed by atoms with E-state index in [1.807, 2.05) is 48.5 Å². The lowest BCUT2D eigenvalue weighted by Gasteiger charge is -2.09. The van der Waals surface area contributed by atoms with Crippen molar-refractivity contribution >= 4 is 33.1 Å². The highest BCUT2D eigenvalue weighted by Crippen LogP contribution is 2.41. The lowest BCUT2D eigenvalue weighted by atomic mass is 9.97. The topological polar surface area (TPSA) is 88.1 Å². The number of Topliss-reactive ketones (excluding diaryl/α,β-unsaturated/α-hetero) is 1. The number of carbonyl (C=O) groups excluding carboxylic acids is 1. The Morgan fingerprint density at radius 1 is 1.27 bits per heavy atom. The summed E-state index contributed by atoms with van der Waals surface area (Å²) >= 11 is 1.53. The van der Waals surface area contributed by atoms with Crippen molar-refractivity contribution in [3.63, 3.8) is 0 Å². The molecule has 1 unspecified atom stereocenters. The quantitative estimate of drug-likeness (QED) is 0.377. The fourth-order valence-electron chi connectivity index (χ4n) is 4.17. The number of aromatic nitrogens is 1. The lowest BCUT2D eigenvalue weighted by molar-refractivity contribution is -0.118. The lowest BCUT2D eigenvalue weighted by Crippen LogP contribution is -2.08. The predicted molar refractivity (Wildman–Crippen MR) is 129 cm³/mol. The highest BCUT2D eigenvalue weighted by atomic mass is 32.1. The number of anilines is 1. The maximum Gasteiger partial charge on any atom is 0.164 e. The molecule has 4 aromatic rings. The van der Waals surface area contributed by atoms with Crippen molar-refractivity contribution in [1.29, 1.82) is 5.26 Å². The number of ketones is 1. The summed E-state index contributed by atoms with van der Waals surface area (Å²) in [6.45, 7) is 2.88. The summed E-state index contributed by atoms with van der Waals surface area (Å²) in [4.78, 5) is 16.9. The van der Waals surface area contributed by atoms with Gasteiger partial charge in [-0.1, -0.05) is 35.6 Å². The third-order valence-electron chi connectivity index (χ3n) is 5.91. The van der Waals surface area contributed by atoms with Crippen LogP contribution < -0.4 is 10.1 Å². The summed E-state index contributed by atoms with van der Waals surface area (Å²) in [5.74, 6) is 1.41. The van der Waals surface area contributed by atoms with E-state index in [-0.39, 0.29) is 11.7 Å². The molecule has 1 N–H and O–H groups in total. The molecular formula is C26H23N3O3S. The minimum atomic E-state index is -0.159. The van der Waals surface area contributed by atoms with Gasteiger partial charge in [0.05, 0.1) is 24.1 Å². The van der Waals surface area contributed by atoms with Crippen LogP contribution in [-0.2, 0) is 17.8 Å². The molecule has 0 amide bonds. The molecule has 1 atom stereocenters. The van der Waals surface area contributed by atoms with Gasteiger partial charge >= 0.3 is 0 Å². The summed E-state index contributed by atoms with van der Waals surface area (Å²) in [5, 5.41) is 15.1. The van der Waals surface area contributed by atoms with E-state index in [9.17, 15) is 4.79 Å². The Balaban J connectivity index is 1.39. The average Bonchev–Trinajstić information content (AvgIpc) is 3.37. The first-order valence-corrected chi connectivity index (χ1v) is 11.8. The highest BCUT2D eigenvalue weighted by molar-refractivity contribution is 7.19. The fraction of sp³-hybridized carbons (Fsp3) is 0.269. The number of carbonyl (C=O) groups is 1. The molecule has 7 heteroatoms. The minimum Gasteiger partial charge on any atom is -0.489 e. The molecule has 0 bridgehead atoms. The van der Waals surface area contributed by atoms with E-state index in [0.717, 1.165) is 62.9 Å². The van der Waals surface area contributed by atoms with Crippen LogP contribution >= 0.6 is 11.3 Å². The smallest absolute Gasteiger partial charge is 0.164 e. The summed E-state index contributed by atoms with van der Waals surface area (Å²) in [6, 6.07) is 17.7. The summed E-state index contributed by atoms with van der Waals surface area (Å²) in [7, 11) is 0. The Bertz CT molecular complexity index is 1360. The van der Waals surface area contributed by atoms with Crippen molar-refractivity contribution < 1.29 is 13.9 Å². The van der Waals surface area contributed by atoms with E-state index in [2.05, 4.69) is 11.4 Å². The van der Waals surface area contributed by atoms with Gasteiger partial charge in [0, 0.05) is 11.9 Å². The maximum atomic E-state index is 12.1. The van der Waals surface area contributed by atoms with E-state index in [0.29, 0.717) is 18.8 Å². The molecule has 0 fully saturated rings. The number of nitriles is 1. The van der Waals surface area contributed by atoms with Crippen molar-refractivity contribution in [3.8, 4) is 22.6 Å². The molecule has 6 nitrogen and oxygen atoms in total. The number of benzene rings is 2. The monoisotopic (exact) mass is 457 g/mol. The van der Waals surface area contributed by atoms with Crippen LogP contribution in [0, 0.1) is 11.3 Å². The average molecular weight is 458 g/mol. The van der Waals surface area contributed by atoms with Crippen molar-refractivity contribution in [2.24, 2.45) is 0 Å². The molecule has 0 saturated carbocycles. The van der Waals surface area contributed by atoms with Gasteiger partial charge in [0.15, 0.2) is 10.8 Å². The van der Waals surface area contributed by atoms with Crippen LogP contribution in [0.5, 0.6) is 5.75 Å². The maximum absolute atomic E-state index is 12.1. The molecule has 1 aliphatic heterocycles. The zero-order valence-corrected chi connectivity index (χ0v) is 19.1. The molecule has 3 heterocycles. The van der Waals surface area contributed by atoms with E-state index in [1.54, 1.807) is 6.92 Å². The third kappa shape index (κ3) is 4.35. The van der Waals surface area contributed by atoms with Crippen molar-refractivity contribution in [1.82, 2.24) is 4.98 Å². The molecule has 1 aliphatic rings. The fourth-order valence-corrected chi connectivity index (χ4v) is 5.18. The van der Waals surface area contributed by atoms with Crippen molar-refractivity contribution in [2.75, 3.05) is 11.9 Å². The Labute approximate surface area is 195 Å². The molecule has 2 aromatic carbocycles. The molecule has 0 saturated heterocycles. The second-order valence-electron chi connectivity index (χ2n) is 8.17. The number of thiazole rings is 1.